The average molecular weight is 248 g/mol. The van der Waals surface area contributed by atoms with Crippen LogP contribution in [0.25, 0.3) is 0 Å². The molecule has 0 bridgehead atoms. The number of hydrogen-bond donors (Lipinski definition) is 2. The van der Waals surface area contributed by atoms with E-state index in [1.54, 1.807) is 6.20 Å². The minimum atomic E-state index is 0. The molecule has 0 radical (unpaired) electrons. The molecular weight excluding hydrogens is 234 g/mol. The molecule has 1 amide bonds. The summed E-state index contributed by atoms with van der Waals surface area (Å²) in [7, 11) is 0. The molecule has 1 aliphatic rings. The van der Waals surface area contributed by atoms with E-state index in [0.29, 0.717) is 4.88 Å². The molecule has 1 atom stereocenters. The molecule has 1 unspecified atom stereocenters. The molecule has 4 nitrogen and oxygen atoms in total. The van der Waals surface area contributed by atoms with Crippen LogP contribution in [0, 0.1) is 6.92 Å². The topological polar surface area (TPSA) is 54.0 Å². The van der Waals surface area contributed by atoms with E-state index in [0.717, 1.165) is 24.5 Å². The van der Waals surface area contributed by atoms with Gasteiger partial charge < -0.3 is 10.6 Å². The number of thiazole rings is 1. The van der Waals surface area contributed by atoms with Gasteiger partial charge in [0.2, 0.25) is 0 Å². The van der Waals surface area contributed by atoms with Crippen molar-refractivity contribution < 1.29 is 4.79 Å². The molecule has 0 aliphatic carbocycles. The molecular formula is C9H14ClN3OS. The predicted molar refractivity (Wildman–Crippen MR) is 62.8 cm³/mol. The lowest BCUT2D eigenvalue weighted by molar-refractivity contribution is 0.0944. The van der Waals surface area contributed by atoms with Gasteiger partial charge in [0, 0.05) is 12.6 Å². The van der Waals surface area contributed by atoms with Crippen LogP contribution >= 0.6 is 23.7 Å². The molecule has 15 heavy (non-hydrogen) atoms. The largest absolute Gasteiger partial charge is 0.347 e. The lowest BCUT2D eigenvalue weighted by Gasteiger charge is -2.09. The van der Waals surface area contributed by atoms with Gasteiger partial charge in [-0.3, -0.25) is 4.79 Å². The summed E-state index contributed by atoms with van der Waals surface area (Å²) in [5.41, 5.74) is 0. The first-order chi connectivity index (χ1) is 6.75. The lowest BCUT2D eigenvalue weighted by atomic mass is 10.2. The Kier molecular flexibility index (Phi) is 4.50. The highest BCUT2D eigenvalue weighted by Gasteiger charge is 2.18. The highest BCUT2D eigenvalue weighted by molar-refractivity contribution is 7.13. The van der Waals surface area contributed by atoms with Crippen molar-refractivity contribution in [2.24, 2.45) is 0 Å². The fourth-order valence-corrected chi connectivity index (χ4v) is 2.18. The van der Waals surface area contributed by atoms with Crippen molar-refractivity contribution in [1.82, 2.24) is 15.6 Å². The second-order valence-corrected chi connectivity index (χ2v) is 4.64. The predicted octanol–water partition coefficient (Wildman–Crippen LogP) is 0.965. The van der Waals surface area contributed by atoms with E-state index in [1.807, 2.05) is 6.92 Å². The van der Waals surface area contributed by atoms with Crippen molar-refractivity contribution >= 4 is 29.7 Å². The SMILES string of the molecule is Cc1ncc(C(=O)NC2CCNC2)s1.Cl. The number of carbonyl (C=O) groups is 1. The fraction of sp³-hybridized carbons (Fsp3) is 0.556. The number of halogens is 1. The van der Waals surface area contributed by atoms with Gasteiger partial charge in [0.15, 0.2) is 0 Å². The van der Waals surface area contributed by atoms with Crippen LogP contribution in [0.5, 0.6) is 0 Å². The molecule has 2 heterocycles. The molecule has 1 aliphatic heterocycles. The maximum absolute atomic E-state index is 11.6. The third-order valence-electron chi connectivity index (χ3n) is 2.24. The number of nitrogens with zero attached hydrogens (tertiary/aromatic N) is 1. The van der Waals surface area contributed by atoms with Crippen molar-refractivity contribution in [2.45, 2.75) is 19.4 Å². The van der Waals surface area contributed by atoms with Crippen molar-refractivity contribution in [3.8, 4) is 0 Å². The van der Waals surface area contributed by atoms with Crippen LogP contribution in [-0.2, 0) is 0 Å². The summed E-state index contributed by atoms with van der Waals surface area (Å²) in [6, 6.07) is 0.282. The van der Waals surface area contributed by atoms with Crippen LogP contribution < -0.4 is 10.6 Å². The third-order valence-corrected chi connectivity index (χ3v) is 3.15. The van der Waals surface area contributed by atoms with Crippen LogP contribution in [-0.4, -0.2) is 30.0 Å². The van der Waals surface area contributed by atoms with Gasteiger partial charge in [0.05, 0.1) is 11.2 Å². The summed E-state index contributed by atoms with van der Waals surface area (Å²) in [5.74, 6) is 0.00398. The van der Waals surface area contributed by atoms with Gasteiger partial charge in [0.1, 0.15) is 4.88 Å². The van der Waals surface area contributed by atoms with Gasteiger partial charge in [-0.1, -0.05) is 0 Å². The highest BCUT2D eigenvalue weighted by Crippen LogP contribution is 2.11. The smallest absolute Gasteiger partial charge is 0.263 e. The molecule has 2 N–H and O–H groups in total. The molecule has 0 spiro atoms. The zero-order valence-corrected chi connectivity index (χ0v) is 10.1. The Labute approximate surface area is 98.9 Å². The molecule has 1 saturated heterocycles. The average Bonchev–Trinajstić information content (AvgIpc) is 2.75. The van der Waals surface area contributed by atoms with Crippen LogP contribution in [0.1, 0.15) is 21.1 Å². The maximum atomic E-state index is 11.6. The first-order valence-electron chi connectivity index (χ1n) is 4.70. The van der Waals surface area contributed by atoms with Gasteiger partial charge >= 0.3 is 0 Å². The number of nitrogens with one attached hydrogen (secondary N) is 2. The van der Waals surface area contributed by atoms with E-state index in [4.69, 9.17) is 0 Å². The van der Waals surface area contributed by atoms with E-state index < -0.39 is 0 Å². The third kappa shape index (κ3) is 3.15. The van der Waals surface area contributed by atoms with E-state index in [-0.39, 0.29) is 24.4 Å². The summed E-state index contributed by atoms with van der Waals surface area (Å²) >= 11 is 1.44. The number of aryl methyl sites for hydroxylation is 1. The van der Waals surface area contributed by atoms with E-state index in [9.17, 15) is 4.79 Å². The molecule has 2 rings (SSSR count). The summed E-state index contributed by atoms with van der Waals surface area (Å²) < 4.78 is 0. The standard InChI is InChI=1S/C9H13N3OS.ClH/c1-6-11-5-8(14-6)9(13)12-7-2-3-10-4-7;/h5,7,10H,2-4H2,1H3,(H,12,13);1H. The summed E-state index contributed by atoms with van der Waals surface area (Å²) in [5, 5.41) is 7.12. The fourth-order valence-electron chi connectivity index (χ4n) is 1.50. The molecule has 6 heteroatoms. The van der Waals surface area contributed by atoms with Gasteiger partial charge in [-0.05, 0) is 19.9 Å². The van der Waals surface area contributed by atoms with Crippen LogP contribution in [0.2, 0.25) is 0 Å². The van der Waals surface area contributed by atoms with E-state index in [1.165, 1.54) is 11.3 Å². The minimum absolute atomic E-state index is 0. The quantitative estimate of drug-likeness (QED) is 0.819. The van der Waals surface area contributed by atoms with Crippen molar-refractivity contribution in [3.63, 3.8) is 0 Å². The van der Waals surface area contributed by atoms with Crippen LogP contribution in [0.3, 0.4) is 0 Å². The number of aromatic nitrogens is 1. The normalized spacial score (nSPS) is 19.7. The monoisotopic (exact) mass is 247 g/mol. The van der Waals surface area contributed by atoms with E-state index in [2.05, 4.69) is 15.6 Å². The number of hydrogen-bond acceptors (Lipinski definition) is 4. The van der Waals surface area contributed by atoms with Crippen molar-refractivity contribution in [2.75, 3.05) is 13.1 Å². The second kappa shape index (κ2) is 5.44. The molecule has 1 fully saturated rings. The van der Waals surface area contributed by atoms with Gasteiger partial charge in [0.25, 0.3) is 5.91 Å². The van der Waals surface area contributed by atoms with Crippen molar-refractivity contribution in [1.29, 1.82) is 0 Å². The molecule has 0 saturated carbocycles. The summed E-state index contributed by atoms with van der Waals surface area (Å²) in [6.07, 6.45) is 2.65. The maximum Gasteiger partial charge on any atom is 0.263 e. The second-order valence-electron chi connectivity index (χ2n) is 3.41. The Hall–Kier alpha value is -0.650. The Morgan fingerprint density at radius 2 is 2.53 bits per heavy atom. The molecule has 0 aromatic carbocycles. The van der Waals surface area contributed by atoms with Crippen LogP contribution in [0.4, 0.5) is 0 Å². The number of carbonyl (C=O) groups excluding carboxylic acids is 1. The first kappa shape index (κ1) is 12.4. The molecule has 84 valence electrons. The zero-order chi connectivity index (χ0) is 9.97. The van der Waals surface area contributed by atoms with Crippen molar-refractivity contribution in [3.05, 3.63) is 16.1 Å². The molecule has 1 aromatic heterocycles. The summed E-state index contributed by atoms with van der Waals surface area (Å²) in [6.45, 7) is 3.77. The number of amides is 1. The first-order valence-corrected chi connectivity index (χ1v) is 5.51. The van der Waals surface area contributed by atoms with Gasteiger partial charge in [-0.25, -0.2) is 4.98 Å². The summed E-state index contributed by atoms with van der Waals surface area (Å²) in [4.78, 5) is 16.4. The van der Waals surface area contributed by atoms with Crippen LogP contribution in [0.15, 0.2) is 6.20 Å². The Morgan fingerprint density at radius 1 is 1.73 bits per heavy atom. The van der Waals surface area contributed by atoms with Gasteiger partial charge in [-0.2, -0.15) is 0 Å². The number of rotatable bonds is 2. The lowest BCUT2D eigenvalue weighted by Crippen LogP contribution is -2.35. The highest BCUT2D eigenvalue weighted by atomic mass is 35.5. The van der Waals surface area contributed by atoms with Gasteiger partial charge in [-0.15, -0.1) is 23.7 Å². The molecule has 1 aromatic rings. The Bertz CT molecular complexity index is 336. The zero-order valence-electron chi connectivity index (χ0n) is 8.45. The minimum Gasteiger partial charge on any atom is -0.347 e. The Morgan fingerprint density at radius 3 is 3.07 bits per heavy atom. The van der Waals surface area contributed by atoms with E-state index >= 15 is 0 Å². The Balaban J connectivity index is 0.00000112.